The van der Waals surface area contributed by atoms with E-state index in [4.69, 9.17) is 0 Å². The van der Waals surface area contributed by atoms with Crippen LogP contribution in [0, 0.1) is 13.8 Å². The molecule has 1 N–H and O–H groups in total. The van der Waals surface area contributed by atoms with E-state index < -0.39 is 6.97 Å². The zero-order valence-electron chi connectivity index (χ0n) is 18.2. The summed E-state index contributed by atoms with van der Waals surface area (Å²) in [7, 11) is 0. The number of rotatable bonds is 8. The molecule has 0 bridgehead atoms. The van der Waals surface area contributed by atoms with Gasteiger partial charge >= 0.3 is 6.97 Å². The molecular formula is C22H32BF2N3O. The van der Waals surface area contributed by atoms with Crippen LogP contribution in [0.2, 0.25) is 0 Å². The first-order valence-electron chi connectivity index (χ1n) is 10.7. The number of hydrogen-bond donors (Lipinski definition) is 1. The number of fused-ring (bicyclic) bond motifs is 2. The molecule has 158 valence electrons. The van der Waals surface area contributed by atoms with Gasteiger partial charge in [-0.3, -0.25) is 4.79 Å². The summed E-state index contributed by atoms with van der Waals surface area (Å²) in [5.74, 6) is -0.0168. The van der Waals surface area contributed by atoms with Crippen LogP contribution < -0.4 is 5.32 Å². The number of unbranched alkanes of at least 4 members (excludes halogenated alkanes) is 3. The molecule has 0 saturated carbocycles. The zero-order chi connectivity index (χ0) is 21.3. The van der Waals surface area contributed by atoms with Crippen LogP contribution in [0.3, 0.4) is 0 Å². The number of halogens is 2. The summed E-state index contributed by atoms with van der Waals surface area (Å²) >= 11 is 0. The minimum absolute atomic E-state index is 0.0168. The maximum absolute atomic E-state index is 15.5. The number of carbonyl (C=O) groups is 1. The second kappa shape index (κ2) is 8.29. The van der Waals surface area contributed by atoms with Crippen LogP contribution in [0.4, 0.5) is 8.63 Å². The van der Waals surface area contributed by atoms with Crippen molar-refractivity contribution in [2.45, 2.75) is 73.1 Å². The molecule has 0 unspecified atom stereocenters. The molecule has 7 heteroatoms. The average molecular weight is 403 g/mol. The van der Waals surface area contributed by atoms with Crippen LogP contribution in [-0.4, -0.2) is 34.1 Å². The number of nitrogens with one attached hydrogen (secondary N) is 1. The number of carbonyl (C=O) groups excluding carboxylic acids is 1. The molecule has 2 aliphatic heterocycles. The van der Waals surface area contributed by atoms with Crippen molar-refractivity contribution in [2.75, 3.05) is 6.54 Å². The smallest absolute Gasteiger partial charge is 0.394 e. The Kier molecular flexibility index (Phi) is 6.15. The zero-order valence-corrected chi connectivity index (χ0v) is 18.2. The van der Waals surface area contributed by atoms with Crippen molar-refractivity contribution in [1.29, 1.82) is 0 Å². The predicted molar refractivity (Wildman–Crippen MR) is 115 cm³/mol. The van der Waals surface area contributed by atoms with Crippen LogP contribution >= 0.6 is 0 Å². The normalized spacial score (nSPS) is 17.4. The second-order valence-electron chi connectivity index (χ2n) is 8.35. The lowest BCUT2D eigenvalue weighted by Gasteiger charge is -2.34. The molecule has 3 heterocycles. The first-order valence-corrected chi connectivity index (χ1v) is 10.7. The summed E-state index contributed by atoms with van der Waals surface area (Å²) in [6.45, 7) is 6.09. The van der Waals surface area contributed by atoms with Gasteiger partial charge in [-0.2, -0.15) is 0 Å². The van der Waals surface area contributed by atoms with E-state index in [2.05, 4.69) is 12.2 Å². The fourth-order valence-electron chi connectivity index (χ4n) is 4.77. The Morgan fingerprint density at radius 1 is 1.17 bits per heavy atom. The van der Waals surface area contributed by atoms with Gasteiger partial charge in [-0.05, 0) is 50.9 Å². The maximum Gasteiger partial charge on any atom is 0.737 e. The number of aromatic nitrogens is 1. The number of allylic oxidation sites excluding steroid dienone is 3. The minimum Gasteiger partial charge on any atom is -0.394 e. The van der Waals surface area contributed by atoms with Crippen LogP contribution in [0.25, 0.3) is 5.57 Å². The van der Waals surface area contributed by atoms with Crippen molar-refractivity contribution in [3.8, 4) is 0 Å². The molecule has 3 rings (SSSR count). The predicted octanol–water partition coefficient (Wildman–Crippen LogP) is 4.96. The Balaban J connectivity index is 1.87. The van der Waals surface area contributed by atoms with Gasteiger partial charge in [0.05, 0.1) is 0 Å². The highest BCUT2D eigenvalue weighted by atomic mass is 19.2. The molecular weight excluding hydrogens is 371 g/mol. The molecule has 0 atom stereocenters. The summed E-state index contributed by atoms with van der Waals surface area (Å²) in [5, 5.41) is 2.97. The van der Waals surface area contributed by atoms with Crippen LogP contribution in [0.1, 0.15) is 76.2 Å². The van der Waals surface area contributed by atoms with Gasteiger partial charge in [-0.1, -0.05) is 26.2 Å². The second-order valence-corrected chi connectivity index (χ2v) is 8.35. The van der Waals surface area contributed by atoms with E-state index >= 15 is 8.63 Å². The summed E-state index contributed by atoms with van der Waals surface area (Å²) in [4.78, 5) is 12.4. The van der Waals surface area contributed by atoms with Gasteiger partial charge < -0.3 is 22.9 Å². The van der Waals surface area contributed by atoms with Crippen molar-refractivity contribution in [1.82, 2.24) is 9.79 Å². The van der Waals surface area contributed by atoms with Gasteiger partial charge in [0.15, 0.2) is 5.70 Å². The molecule has 0 spiro atoms. The summed E-state index contributed by atoms with van der Waals surface area (Å²) in [6, 6.07) is 1.82. The molecule has 4 nitrogen and oxygen atoms in total. The first-order chi connectivity index (χ1) is 13.7. The Bertz CT molecular complexity index is 925. The van der Waals surface area contributed by atoms with E-state index in [0.717, 1.165) is 36.0 Å². The minimum atomic E-state index is -3.94. The molecule has 0 radical (unpaired) electrons. The quantitative estimate of drug-likeness (QED) is 0.483. The number of amides is 1. The molecule has 29 heavy (non-hydrogen) atoms. The lowest BCUT2D eigenvalue weighted by atomic mass is 9.84. The van der Waals surface area contributed by atoms with Gasteiger partial charge in [0.25, 0.3) is 0 Å². The van der Waals surface area contributed by atoms with Crippen molar-refractivity contribution in [2.24, 2.45) is 0 Å². The molecule has 0 aliphatic carbocycles. The van der Waals surface area contributed by atoms with E-state index in [-0.39, 0.29) is 5.91 Å². The van der Waals surface area contributed by atoms with E-state index in [1.54, 1.807) is 13.8 Å². The highest BCUT2D eigenvalue weighted by molar-refractivity contribution is 6.58. The van der Waals surface area contributed by atoms with Crippen molar-refractivity contribution in [3.63, 3.8) is 0 Å². The average Bonchev–Trinajstić information content (AvgIpc) is 3.11. The maximum atomic E-state index is 15.5. The number of aryl methyl sites for hydroxylation is 2. The van der Waals surface area contributed by atoms with Gasteiger partial charge in [-0.15, -0.1) is 0 Å². The third-order valence-electron chi connectivity index (χ3n) is 5.99. The Morgan fingerprint density at radius 3 is 2.59 bits per heavy atom. The highest BCUT2D eigenvalue weighted by Gasteiger charge is 2.54. The SMILES string of the molecule is CCCCCCNC(=O)CCC1=C2C(C)=CC(C)=[N+]2[B-](F)(F)n2c(C)cc(C)c21. The van der Waals surface area contributed by atoms with E-state index in [1.165, 1.54) is 15.4 Å². The Morgan fingerprint density at radius 2 is 1.90 bits per heavy atom. The monoisotopic (exact) mass is 403 g/mol. The molecule has 1 aromatic rings. The van der Waals surface area contributed by atoms with Gasteiger partial charge in [0, 0.05) is 42.8 Å². The summed E-state index contributed by atoms with van der Waals surface area (Å²) in [6.07, 6.45) is 6.99. The number of nitrogens with zero attached hydrogens (tertiary/aromatic N) is 2. The lowest BCUT2D eigenvalue weighted by molar-refractivity contribution is -0.363. The molecule has 1 aromatic heterocycles. The summed E-state index contributed by atoms with van der Waals surface area (Å²) in [5.41, 5.74) is 4.78. The third kappa shape index (κ3) is 3.84. The van der Waals surface area contributed by atoms with Crippen LogP contribution in [0.5, 0.6) is 0 Å². The van der Waals surface area contributed by atoms with Gasteiger partial charge in [0.1, 0.15) is 5.71 Å². The highest BCUT2D eigenvalue weighted by Crippen LogP contribution is 2.42. The molecule has 2 aliphatic rings. The van der Waals surface area contributed by atoms with E-state index in [9.17, 15) is 4.79 Å². The van der Waals surface area contributed by atoms with Crippen molar-refractivity contribution in [3.05, 3.63) is 40.4 Å². The molecule has 0 saturated heterocycles. The van der Waals surface area contributed by atoms with E-state index in [1.807, 2.05) is 26.0 Å². The fraction of sp³-hybridized carbons (Fsp3) is 0.545. The molecule has 0 aromatic carbocycles. The standard InChI is InChI=1S/C22H32BF2N3O/c1-6-7-8-9-12-26-20(29)11-10-19-21-15(2)13-17(4)27(21)23(24,25)28-18(5)14-16(3)22(19)28/h13-14H,6-12H2,1-5H3,(H,26,29). The third-order valence-corrected chi connectivity index (χ3v) is 5.99. The largest absolute Gasteiger partial charge is 0.737 e. The lowest BCUT2D eigenvalue weighted by Crippen LogP contribution is -2.51. The van der Waals surface area contributed by atoms with Crippen LogP contribution in [0.15, 0.2) is 23.4 Å². The van der Waals surface area contributed by atoms with Crippen molar-refractivity contribution < 1.29 is 17.9 Å². The number of hydrogen-bond acceptors (Lipinski definition) is 1. The Labute approximate surface area is 172 Å². The molecule has 0 fully saturated rings. The molecule has 1 amide bonds. The van der Waals surface area contributed by atoms with E-state index in [0.29, 0.717) is 42.2 Å². The fourth-order valence-corrected chi connectivity index (χ4v) is 4.77. The Hall–Kier alpha value is -2.18. The van der Waals surface area contributed by atoms with Crippen LogP contribution in [-0.2, 0) is 4.79 Å². The topological polar surface area (TPSA) is 37.0 Å². The first kappa shape index (κ1) is 21.5. The summed E-state index contributed by atoms with van der Waals surface area (Å²) < 4.78 is 33.3. The van der Waals surface area contributed by atoms with Gasteiger partial charge in [-0.25, -0.2) is 0 Å². The van der Waals surface area contributed by atoms with Crippen molar-refractivity contribution >= 4 is 24.2 Å². The van der Waals surface area contributed by atoms with Gasteiger partial charge in [0.2, 0.25) is 5.91 Å².